The van der Waals surface area contributed by atoms with Crippen molar-refractivity contribution in [3.63, 3.8) is 0 Å². The van der Waals surface area contributed by atoms with Gasteiger partial charge in [-0.3, -0.25) is 0 Å². The number of benzene rings is 2. The molecule has 0 amide bonds. The first-order valence-electron chi connectivity index (χ1n) is 6.74. The minimum atomic E-state index is 0.212. The van der Waals surface area contributed by atoms with Crippen LogP contribution < -0.4 is 5.73 Å². The molecule has 0 spiro atoms. The average Bonchev–Trinajstić information content (AvgIpc) is 2.80. The molecule has 98 valence electrons. The van der Waals surface area contributed by atoms with E-state index in [4.69, 9.17) is 5.73 Å². The number of thioether (sulfide) groups is 1. The second-order valence-electron chi connectivity index (χ2n) is 5.35. The van der Waals surface area contributed by atoms with Gasteiger partial charge in [-0.25, -0.2) is 0 Å². The van der Waals surface area contributed by atoms with E-state index in [-0.39, 0.29) is 6.04 Å². The smallest absolute Gasteiger partial charge is 0.0401 e. The third-order valence-corrected chi connectivity index (χ3v) is 5.12. The summed E-state index contributed by atoms with van der Waals surface area (Å²) < 4.78 is 0. The maximum Gasteiger partial charge on any atom is 0.0401 e. The Bertz CT molecular complexity index is 589. The van der Waals surface area contributed by atoms with Crippen molar-refractivity contribution in [3.05, 3.63) is 64.7 Å². The monoisotopic (exact) mass is 269 g/mol. The van der Waals surface area contributed by atoms with Crippen LogP contribution in [-0.4, -0.2) is 5.75 Å². The van der Waals surface area contributed by atoms with E-state index in [0.717, 1.165) is 5.75 Å². The van der Waals surface area contributed by atoms with Gasteiger partial charge in [0.15, 0.2) is 0 Å². The van der Waals surface area contributed by atoms with E-state index < -0.39 is 0 Å². The summed E-state index contributed by atoms with van der Waals surface area (Å²) in [7, 11) is 0. The van der Waals surface area contributed by atoms with Gasteiger partial charge in [0.1, 0.15) is 0 Å². The Morgan fingerprint density at radius 3 is 2.53 bits per heavy atom. The van der Waals surface area contributed by atoms with Crippen molar-refractivity contribution in [3.8, 4) is 0 Å². The quantitative estimate of drug-likeness (QED) is 0.882. The fourth-order valence-electron chi connectivity index (χ4n) is 2.57. The number of fused-ring (bicyclic) bond motifs is 1. The van der Waals surface area contributed by atoms with Gasteiger partial charge in [0.25, 0.3) is 0 Å². The molecule has 0 saturated heterocycles. The lowest BCUT2D eigenvalue weighted by molar-refractivity contribution is 0.827. The van der Waals surface area contributed by atoms with E-state index in [1.807, 2.05) is 11.8 Å². The highest BCUT2D eigenvalue weighted by molar-refractivity contribution is 7.99. The van der Waals surface area contributed by atoms with Crippen molar-refractivity contribution in [2.45, 2.75) is 30.7 Å². The maximum atomic E-state index is 6.08. The van der Waals surface area contributed by atoms with Crippen molar-refractivity contribution in [2.75, 3.05) is 5.75 Å². The Morgan fingerprint density at radius 1 is 1.11 bits per heavy atom. The molecule has 2 N–H and O–H groups in total. The molecule has 1 aliphatic rings. The second-order valence-corrected chi connectivity index (χ2v) is 6.41. The average molecular weight is 269 g/mol. The summed E-state index contributed by atoms with van der Waals surface area (Å²) in [5.74, 6) is 1.45. The number of rotatable bonds is 2. The zero-order valence-electron chi connectivity index (χ0n) is 11.4. The zero-order valence-corrected chi connectivity index (χ0v) is 12.2. The molecular weight excluding hydrogens is 250 g/mol. The van der Waals surface area contributed by atoms with Gasteiger partial charge in [-0.1, -0.05) is 48.9 Å². The van der Waals surface area contributed by atoms with Gasteiger partial charge in [0, 0.05) is 22.6 Å². The Kier molecular flexibility index (Phi) is 3.38. The van der Waals surface area contributed by atoms with Crippen molar-refractivity contribution >= 4 is 11.8 Å². The summed E-state index contributed by atoms with van der Waals surface area (Å²) in [5.41, 5.74) is 11.5. The first-order valence-corrected chi connectivity index (χ1v) is 7.72. The summed E-state index contributed by atoms with van der Waals surface area (Å²) >= 11 is 1.88. The molecule has 0 aliphatic carbocycles. The molecular formula is C17H19NS. The van der Waals surface area contributed by atoms with Gasteiger partial charge in [0.2, 0.25) is 0 Å². The van der Waals surface area contributed by atoms with Crippen molar-refractivity contribution in [1.82, 2.24) is 0 Å². The highest BCUT2D eigenvalue weighted by atomic mass is 32.2. The highest BCUT2D eigenvalue weighted by Gasteiger charge is 2.20. The van der Waals surface area contributed by atoms with E-state index in [0.29, 0.717) is 5.92 Å². The number of hydrogen-bond acceptors (Lipinski definition) is 2. The first kappa shape index (κ1) is 12.8. The minimum absolute atomic E-state index is 0.212. The molecule has 0 aromatic heterocycles. The summed E-state index contributed by atoms with van der Waals surface area (Å²) in [5, 5.41) is 0. The molecule has 0 bridgehead atoms. The van der Waals surface area contributed by atoms with Crippen LogP contribution in [0.2, 0.25) is 0 Å². The lowest BCUT2D eigenvalue weighted by Gasteiger charge is -2.14. The molecule has 0 radical (unpaired) electrons. The SMILES string of the molecule is Cc1ccc(C(C)c2ccc3c(c2)SCC3N)cc1. The van der Waals surface area contributed by atoms with E-state index >= 15 is 0 Å². The molecule has 0 fully saturated rings. The number of nitrogens with two attached hydrogens (primary N) is 1. The van der Waals surface area contributed by atoms with Gasteiger partial charge in [-0.2, -0.15) is 0 Å². The summed E-state index contributed by atoms with van der Waals surface area (Å²) in [6, 6.07) is 15.8. The van der Waals surface area contributed by atoms with Gasteiger partial charge in [0.05, 0.1) is 0 Å². The first-order chi connectivity index (χ1) is 9.15. The van der Waals surface area contributed by atoms with E-state index in [1.54, 1.807) is 0 Å². The van der Waals surface area contributed by atoms with Crippen LogP contribution in [0.1, 0.15) is 41.1 Å². The zero-order chi connectivity index (χ0) is 13.4. The molecule has 2 aromatic rings. The predicted molar refractivity (Wildman–Crippen MR) is 82.8 cm³/mol. The molecule has 19 heavy (non-hydrogen) atoms. The fraction of sp³-hybridized carbons (Fsp3) is 0.294. The van der Waals surface area contributed by atoms with Crippen LogP contribution >= 0.6 is 11.8 Å². The third-order valence-electron chi connectivity index (χ3n) is 3.93. The van der Waals surface area contributed by atoms with Gasteiger partial charge >= 0.3 is 0 Å². The lowest BCUT2D eigenvalue weighted by atomic mass is 9.91. The third kappa shape index (κ3) is 2.43. The van der Waals surface area contributed by atoms with Gasteiger partial charge in [-0.05, 0) is 29.7 Å². The number of aryl methyl sites for hydroxylation is 1. The molecule has 2 heteroatoms. The molecule has 1 heterocycles. The van der Waals surface area contributed by atoms with Gasteiger partial charge in [-0.15, -0.1) is 11.8 Å². The summed E-state index contributed by atoms with van der Waals surface area (Å²) in [4.78, 5) is 1.36. The van der Waals surface area contributed by atoms with Crippen molar-refractivity contribution in [2.24, 2.45) is 5.73 Å². The predicted octanol–water partition coefficient (Wildman–Crippen LogP) is 4.25. The van der Waals surface area contributed by atoms with Gasteiger partial charge < -0.3 is 5.73 Å². The molecule has 1 nitrogen and oxygen atoms in total. The van der Waals surface area contributed by atoms with Crippen LogP contribution in [0.15, 0.2) is 47.4 Å². The van der Waals surface area contributed by atoms with Crippen molar-refractivity contribution < 1.29 is 0 Å². The Hall–Kier alpha value is -1.25. The second kappa shape index (κ2) is 5.03. The van der Waals surface area contributed by atoms with Crippen LogP contribution in [0.4, 0.5) is 0 Å². The van der Waals surface area contributed by atoms with E-state index in [2.05, 4.69) is 56.3 Å². The van der Waals surface area contributed by atoms with E-state index in [9.17, 15) is 0 Å². The summed E-state index contributed by atoms with van der Waals surface area (Å²) in [6.45, 7) is 4.40. The lowest BCUT2D eigenvalue weighted by Crippen LogP contribution is -2.08. The molecule has 3 rings (SSSR count). The molecule has 2 unspecified atom stereocenters. The van der Waals surface area contributed by atoms with Crippen LogP contribution in [0.3, 0.4) is 0 Å². The Morgan fingerprint density at radius 2 is 1.79 bits per heavy atom. The minimum Gasteiger partial charge on any atom is -0.323 e. The van der Waals surface area contributed by atoms with Crippen LogP contribution in [0.5, 0.6) is 0 Å². The fourth-order valence-corrected chi connectivity index (χ4v) is 3.71. The highest BCUT2D eigenvalue weighted by Crippen LogP contribution is 2.39. The van der Waals surface area contributed by atoms with Crippen LogP contribution in [0.25, 0.3) is 0 Å². The maximum absolute atomic E-state index is 6.08. The largest absolute Gasteiger partial charge is 0.323 e. The van der Waals surface area contributed by atoms with Crippen LogP contribution in [0, 0.1) is 6.92 Å². The molecule has 1 aliphatic heterocycles. The molecule has 2 aromatic carbocycles. The topological polar surface area (TPSA) is 26.0 Å². The molecule has 0 saturated carbocycles. The van der Waals surface area contributed by atoms with Crippen LogP contribution in [-0.2, 0) is 0 Å². The Balaban J connectivity index is 1.92. The molecule has 2 atom stereocenters. The number of hydrogen-bond donors (Lipinski definition) is 1. The standard InChI is InChI=1S/C17H19NS/c1-11-3-5-13(6-4-11)12(2)14-7-8-15-16(18)10-19-17(15)9-14/h3-9,12,16H,10,18H2,1-2H3. The Labute approximate surface area is 119 Å². The van der Waals surface area contributed by atoms with E-state index in [1.165, 1.54) is 27.1 Å². The summed E-state index contributed by atoms with van der Waals surface area (Å²) in [6.07, 6.45) is 0. The normalized spacial score (nSPS) is 19.2. The van der Waals surface area contributed by atoms with Crippen molar-refractivity contribution in [1.29, 1.82) is 0 Å².